The molecule has 0 amide bonds. The van der Waals surface area contributed by atoms with Crippen LogP contribution in [-0.2, 0) is 19.4 Å². The van der Waals surface area contributed by atoms with E-state index in [9.17, 15) is 18.0 Å². The van der Waals surface area contributed by atoms with Crippen molar-refractivity contribution >= 4 is 21.6 Å². The van der Waals surface area contributed by atoms with Crippen LogP contribution in [0.4, 0.5) is 0 Å². The van der Waals surface area contributed by atoms with Gasteiger partial charge in [-0.3, -0.25) is 9.59 Å². The molecule has 0 fully saturated rings. The van der Waals surface area contributed by atoms with Crippen molar-refractivity contribution in [1.29, 1.82) is 0 Å². The number of allylic oxidation sites excluding steroid dienone is 1. The molecule has 0 aliphatic heterocycles. The van der Waals surface area contributed by atoms with Crippen LogP contribution in [0.1, 0.15) is 23.7 Å². The molecule has 3 atom stereocenters. The first-order valence-corrected chi connectivity index (χ1v) is 10.2. The van der Waals surface area contributed by atoms with E-state index in [0.717, 1.165) is 0 Å². The number of carbonyl (C=O) groups excluding carboxylic acids is 2. The number of hydrogen-bond acceptors (Lipinski definition) is 5. The van der Waals surface area contributed by atoms with E-state index >= 15 is 0 Å². The van der Waals surface area contributed by atoms with E-state index in [0.29, 0.717) is 5.56 Å². The predicted molar refractivity (Wildman–Crippen MR) is 101 cm³/mol. The van der Waals surface area contributed by atoms with Crippen molar-refractivity contribution in [2.24, 2.45) is 5.92 Å². The number of sulfone groups is 1. The molecule has 1 unspecified atom stereocenters. The van der Waals surface area contributed by atoms with Crippen molar-refractivity contribution in [3.05, 3.63) is 78.4 Å². The fourth-order valence-electron chi connectivity index (χ4n) is 3.31. The fourth-order valence-corrected chi connectivity index (χ4v) is 5.22. The number of benzene rings is 2. The van der Waals surface area contributed by atoms with E-state index < -0.39 is 38.9 Å². The molecule has 1 aliphatic rings. The van der Waals surface area contributed by atoms with Gasteiger partial charge in [-0.15, -0.1) is 0 Å². The van der Waals surface area contributed by atoms with Crippen LogP contribution in [0.3, 0.4) is 0 Å². The molecular weight excluding hydrogens is 364 g/mol. The van der Waals surface area contributed by atoms with Gasteiger partial charge in [0.2, 0.25) is 0 Å². The summed E-state index contributed by atoms with van der Waals surface area (Å²) in [6.07, 6.45) is 3.05. The van der Waals surface area contributed by atoms with Gasteiger partial charge in [0.15, 0.2) is 15.6 Å². The number of Topliss-reactive ketones (excluding diaryl/α,β-unsaturated/α-hetero) is 1. The van der Waals surface area contributed by atoms with Gasteiger partial charge in [-0.1, -0.05) is 54.6 Å². The molecule has 0 aromatic heterocycles. The van der Waals surface area contributed by atoms with E-state index in [2.05, 4.69) is 0 Å². The van der Waals surface area contributed by atoms with Gasteiger partial charge in [0.05, 0.1) is 4.90 Å². The van der Waals surface area contributed by atoms with Crippen molar-refractivity contribution in [2.45, 2.75) is 29.6 Å². The number of hydrogen-bond donors (Lipinski definition) is 0. The first-order valence-electron chi connectivity index (χ1n) is 8.63. The van der Waals surface area contributed by atoms with Crippen molar-refractivity contribution in [2.75, 3.05) is 0 Å². The third kappa shape index (κ3) is 4.17. The monoisotopic (exact) mass is 384 g/mol. The first kappa shape index (κ1) is 19.0. The molecule has 0 saturated heterocycles. The molecule has 0 saturated carbocycles. The average Bonchev–Trinajstić information content (AvgIpc) is 3.10. The quantitative estimate of drug-likeness (QED) is 0.434. The lowest BCUT2D eigenvalue weighted by atomic mass is 9.96. The maximum absolute atomic E-state index is 13.3. The molecular formula is C21H20O5S. The molecule has 1 aliphatic carbocycles. The third-order valence-corrected chi connectivity index (χ3v) is 6.67. The molecule has 0 radical (unpaired) electrons. The number of ether oxygens (including phenoxy) is 1. The van der Waals surface area contributed by atoms with E-state index in [1.807, 2.05) is 0 Å². The van der Waals surface area contributed by atoms with Crippen molar-refractivity contribution in [3.8, 4) is 0 Å². The summed E-state index contributed by atoms with van der Waals surface area (Å²) in [6, 6.07) is 16.3. The SMILES string of the molecule is CC(=O)O[C@@H]1C=CC([C@H](C(=O)c2ccccc2)S(=O)(=O)c2ccccc2)C1. The average molecular weight is 384 g/mol. The van der Waals surface area contributed by atoms with Crippen molar-refractivity contribution in [3.63, 3.8) is 0 Å². The lowest BCUT2D eigenvalue weighted by molar-refractivity contribution is -0.144. The fraction of sp³-hybridized carbons (Fsp3) is 0.238. The molecule has 0 spiro atoms. The Morgan fingerprint density at radius 2 is 1.56 bits per heavy atom. The van der Waals surface area contributed by atoms with Gasteiger partial charge in [-0.2, -0.15) is 0 Å². The highest BCUT2D eigenvalue weighted by atomic mass is 32.2. The second kappa shape index (κ2) is 7.88. The number of esters is 1. The van der Waals surface area contributed by atoms with Crippen molar-refractivity contribution in [1.82, 2.24) is 0 Å². The molecule has 0 heterocycles. The normalized spacial score (nSPS) is 20.2. The molecule has 0 N–H and O–H groups in total. The van der Waals surface area contributed by atoms with Crippen LogP contribution in [-0.4, -0.2) is 31.5 Å². The maximum atomic E-state index is 13.3. The zero-order valence-corrected chi connectivity index (χ0v) is 15.6. The molecule has 0 bridgehead atoms. The molecule has 2 aromatic rings. The standard InChI is InChI=1S/C21H20O5S/c1-15(22)26-18-13-12-17(14-18)21(20(23)16-8-4-2-5-9-16)27(24,25)19-10-6-3-7-11-19/h2-13,17-18,21H,14H2,1H3/t17?,18-,21-/m1/s1. The smallest absolute Gasteiger partial charge is 0.303 e. The van der Waals surface area contributed by atoms with Crippen LogP contribution in [0.2, 0.25) is 0 Å². The van der Waals surface area contributed by atoms with Crippen molar-refractivity contribution < 1.29 is 22.7 Å². The summed E-state index contributed by atoms with van der Waals surface area (Å²) in [5, 5.41) is -1.28. The number of ketones is 1. The van der Waals surface area contributed by atoms with E-state index in [-0.39, 0.29) is 11.3 Å². The van der Waals surface area contributed by atoms with Crippen LogP contribution in [0.15, 0.2) is 77.7 Å². The zero-order valence-electron chi connectivity index (χ0n) is 14.8. The van der Waals surface area contributed by atoms with E-state index in [1.54, 1.807) is 60.7 Å². The van der Waals surface area contributed by atoms with Crippen LogP contribution in [0.5, 0.6) is 0 Å². The summed E-state index contributed by atoms with van der Waals surface area (Å²) in [6.45, 7) is 1.30. The second-order valence-electron chi connectivity index (χ2n) is 6.44. The summed E-state index contributed by atoms with van der Waals surface area (Å²) in [5.74, 6) is -1.48. The van der Waals surface area contributed by atoms with Gasteiger partial charge < -0.3 is 4.74 Å². The molecule has 3 rings (SSSR count). The van der Waals surface area contributed by atoms with Gasteiger partial charge >= 0.3 is 5.97 Å². The van der Waals surface area contributed by atoms with Gasteiger partial charge in [-0.05, 0) is 24.6 Å². The predicted octanol–water partition coefficient (Wildman–Crippen LogP) is 3.22. The Balaban J connectivity index is 1.99. The molecule has 27 heavy (non-hydrogen) atoms. The summed E-state index contributed by atoms with van der Waals surface area (Å²) >= 11 is 0. The zero-order chi connectivity index (χ0) is 19.4. The number of carbonyl (C=O) groups is 2. The third-order valence-electron chi connectivity index (χ3n) is 4.51. The second-order valence-corrected chi connectivity index (χ2v) is 8.51. The lowest BCUT2D eigenvalue weighted by Crippen LogP contribution is -2.37. The Morgan fingerprint density at radius 3 is 2.15 bits per heavy atom. The summed E-state index contributed by atoms with van der Waals surface area (Å²) in [4.78, 5) is 24.5. The summed E-state index contributed by atoms with van der Waals surface area (Å²) in [7, 11) is -3.93. The van der Waals surface area contributed by atoms with E-state index in [4.69, 9.17) is 4.74 Å². The Labute approximate surface area is 158 Å². The highest BCUT2D eigenvalue weighted by Crippen LogP contribution is 2.33. The van der Waals surface area contributed by atoms with Gasteiger partial charge in [0.1, 0.15) is 11.4 Å². The summed E-state index contributed by atoms with van der Waals surface area (Å²) < 4.78 is 31.8. The Bertz CT molecular complexity index is 949. The highest BCUT2D eigenvalue weighted by molar-refractivity contribution is 7.92. The van der Waals surface area contributed by atoms with E-state index in [1.165, 1.54) is 19.1 Å². The topological polar surface area (TPSA) is 77.5 Å². The lowest BCUT2D eigenvalue weighted by Gasteiger charge is -2.22. The Kier molecular flexibility index (Phi) is 5.56. The minimum Gasteiger partial charge on any atom is -0.458 e. The minimum absolute atomic E-state index is 0.101. The number of rotatable bonds is 6. The van der Waals surface area contributed by atoms with Gasteiger partial charge in [0, 0.05) is 18.4 Å². The molecule has 5 nitrogen and oxygen atoms in total. The van der Waals surface area contributed by atoms with Crippen LogP contribution in [0.25, 0.3) is 0 Å². The van der Waals surface area contributed by atoms with Crippen LogP contribution in [0, 0.1) is 5.92 Å². The van der Waals surface area contributed by atoms with Gasteiger partial charge in [0.25, 0.3) is 0 Å². The molecule has 6 heteroatoms. The first-order chi connectivity index (χ1) is 12.9. The minimum atomic E-state index is -3.93. The summed E-state index contributed by atoms with van der Waals surface area (Å²) in [5.41, 5.74) is 0.339. The van der Waals surface area contributed by atoms with Crippen LogP contribution >= 0.6 is 0 Å². The molecule has 140 valence electrons. The largest absolute Gasteiger partial charge is 0.458 e. The highest BCUT2D eigenvalue weighted by Gasteiger charge is 2.42. The molecule has 2 aromatic carbocycles. The van der Waals surface area contributed by atoms with Crippen LogP contribution < -0.4 is 0 Å². The maximum Gasteiger partial charge on any atom is 0.303 e. The Morgan fingerprint density at radius 1 is 0.963 bits per heavy atom. The Hall–Kier alpha value is -2.73. The van der Waals surface area contributed by atoms with Gasteiger partial charge in [-0.25, -0.2) is 8.42 Å².